The van der Waals surface area contributed by atoms with Crippen LogP contribution in [0.1, 0.15) is 29.6 Å². The summed E-state index contributed by atoms with van der Waals surface area (Å²) in [6, 6.07) is 6.44. The number of ether oxygens (including phenoxy) is 1. The lowest BCUT2D eigenvalue weighted by Gasteiger charge is -2.27. The van der Waals surface area contributed by atoms with Crippen molar-refractivity contribution < 1.29 is 24.2 Å². The third kappa shape index (κ3) is 3.28. The molecule has 3 rings (SSSR count). The first-order valence-corrected chi connectivity index (χ1v) is 7.58. The van der Waals surface area contributed by atoms with Crippen molar-refractivity contribution >= 4 is 17.8 Å². The molecule has 2 fully saturated rings. The van der Waals surface area contributed by atoms with Gasteiger partial charge in [0.1, 0.15) is 5.75 Å². The summed E-state index contributed by atoms with van der Waals surface area (Å²) in [6.45, 7) is 0.0291. The van der Waals surface area contributed by atoms with Crippen molar-refractivity contribution in [3.05, 3.63) is 29.8 Å². The number of aliphatic carboxylic acids is 1. The van der Waals surface area contributed by atoms with Crippen molar-refractivity contribution in [3.8, 4) is 5.75 Å². The lowest BCUT2D eigenvalue weighted by molar-refractivity contribution is -0.139. The molecule has 2 unspecified atom stereocenters. The Morgan fingerprint density at radius 1 is 1.30 bits per heavy atom. The first kappa shape index (κ1) is 15.3. The van der Waals surface area contributed by atoms with E-state index in [2.05, 4.69) is 5.32 Å². The van der Waals surface area contributed by atoms with Crippen molar-refractivity contribution in [1.82, 2.24) is 10.2 Å². The Hall–Kier alpha value is -2.57. The summed E-state index contributed by atoms with van der Waals surface area (Å²) in [4.78, 5) is 36.8. The van der Waals surface area contributed by atoms with Gasteiger partial charge in [0.15, 0.2) is 6.61 Å². The highest BCUT2D eigenvalue weighted by Crippen LogP contribution is 2.30. The van der Waals surface area contributed by atoms with Gasteiger partial charge in [-0.15, -0.1) is 0 Å². The highest BCUT2D eigenvalue weighted by molar-refractivity contribution is 5.96. The number of amides is 2. The number of carboxylic acids is 1. The van der Waals surface area contributed by atoms with Crippen molar-refractivity contribution in [3.63, 3.8) is 0 Å². The van der Waals surface area contributed by atoms with Gasteiger partial charge in [-0.1, -0.05) is 6.07 Å². The monoisotopic (exact) mass is 318 g/mol. The van der Waals surface area contributed by atoms with E-state index in [4.69, 9.17) is 9.84 Å². The maximum atomic E-state index is 12.8. The number of carbonyl (C=O) groups is 3. The van der Waals surface area contributed by atoms with Crippen LogP contribution >= 0.6 is 0 Å². The van der Waals surface area contributed by atoms with Gasteiger partial charge in [0.05, 0.1) is 0 Å². The minimum absolute atomic E-state index is 0.0162. The van der Waals surface area contributed by atoms with Crippen LogP contribution in [0.15, 0.2) is 24.3 Å². The van der Waals surface area contributed by atoms with Crippen LogP contribution in [0.5, 0.6) is 5.75 Å². The Morgan fingerprint density at radius 2 is 2.09 bits per heavy atom. The van der Waals surface area contributed by atoms with E-state index < -0.39 is 12.6 Å². The van der Waals surface area contributed by atoms with Crippen LogP contribution in [0.25, 0.3) is 0 Å². The lowest BCUT2D eigenvalue weighted by Crippen LogP contribution is -2.42. The molecular formula is C16H18N2O5. The molecule has 2 amide bonds. The second kappa shape index (κ2) is 6.28. The second-order valence-electron chi connectivity index (χ2n) is 5.82. The van der Waals surface area contributed by atoms with E-state index in [0.717, 1.165) is 12.8 Å². The third-order valence-corrected chi connectivity index (χ3v) is 4.25. The van der Waals surface area contributed by atoms with Crippen LogP contribution in [0.3, 0.4) is 0 Å². The molecule has 23 heavy (non-hydrogen) atoms. The molecule has 7 nitrogen and oxygen atoms in total. The fraction of sp³-hybridized carbons (Fsp3) is 0.438. The number of nitrogens with one attached hydrogen (secondary N) is 1. The van der Waals surface area contributed by atoms with Crippen molar-refractivity contribution in [2.24, 2.45) is 0 Å². The molecule has 2 saturated heterocycles. The number of hydrogen-bond donors (Lipinski definition) is 2. The molecular weight excluding hydrogens is 300 g/mol. The molecule has 7 heteroatoms. The average molecular weight is 318 g/mol. The maximum absolute atomic E-state index is 12.8. The van der Waals surface area contributed by atoms with Gasteiger partial charge >= 0.3 is 5.97 Å². The van der Waals surface area contributed by atoms with Crippen molar-refractivity contribution in [1.29, 1.82) is 0 Å². The number of hydrogen-bond acceptors (Lipinski definition) is 4. The molecule has 0 saturated carbocycles. The Bertz CT molecular complexity index is 645. The van der Waals surface area contributed by atoms with E-state index in [9.17, 15) is 14.4 Å². The smallest absolute Gasteiger partial charge is 0.341 e. The molecule has 2 heterocycles. The molecule has 2 N–H and O–H groups in total. The normalized spacial score (nSPS) is 23.1. The zero-order chi connectivity index (χ0) is 16.4. The minimum Gasteiger partial charge on any atom is -0.482 e. The molecule has 2 aliphatic heterocycles. The van der Waals surface area contributed by atoms with Gasteiger partial charge in [-0.3, -0.25) is 9.59 Å². The van der Waals surface area contributed by atoms with Gasteiger partial charge in [-0.25, -0.2) is 4.79 Å². The molecule has 2 bridgehead atoms. The molecule has 0 spiro atoms. The predicted molar refractivity (Wildman–Crippen MR) is 80.2 cm³/mol. The number of nitrogens with zero attached hydrogens (tertiary/aromatic N) is 1. The lowest BCUT2D eigenvalue weighted by atomic mass is 10.1. The van der Waals surface area contributed by atoms with Gasteiger partial charge < -0.3 is 20.1 Å². The van der Waals surface area contributed by atoms with Crippen LogP contribution < -0.4 is 10.1 Å². The Morgan fingerprint density at radius 3 is 2.87 bits per heavy atom. The van der Waals surface area contributed by atoms with E-state index in [0.29, 0.717) is 24.3 Å². The summed E-state index contributed by atoms with van der Waals surface area (Å²) in [5, 5.41) is 11.5. The standard InChI is InChI=1S/C16H18N2O5/c19-14-7-11-4-5-12(8-17-14)18(11)16(22)10-2-1-3-13(6-10)23-9-15(20)21/h1-3,6,11-12H,4-5,7-9H2,(H,17,19)(H,20,21). The van der Waals surface area contributed by atoms with Crippen LogP contribution in [-0.2, 0) is 9.59 Å². The molecule has 2 atom stereocenters. The zero-order valence-corrected chi connectivity index (χ0v) is 12.5. The van der Waals surface area contributed by atoms with E-state index in [1.165, 1.54) is 0 Å². The van der Waals surface area contributed by atoms with Gasteiger partial charge in [0.25, 0.3) is 5.91 Å². The third-order valence-electron chi connectivity index (χ3n) is 4.25. The van der Waals surface area contributed by atoms with Crippen molar-refractivity contribution in [2.75, 3.05) is 13.2 Å². The SMILES string of the molecule is O=C(O)COc1cccc(C(=O)N2C3CCC2CC(=O)NC3)c1. The Labute approximate surface area is 133 Å². The van der Waals surface area contributed by atoms with E-state index in [1.54, 1.807) is 29.2 Å². The number of benzene rings is 1. The first-order chi connectivity index (χ1) is 11.0. The number of carboxylic acid groups (broad SMARTS) is 1. The van der Waals surface area contributed by atoms with Crippen LogP contribution in [0.2, 0.25) is 0 Å². The van der Waals surface area contributed by atoms with E-state index >= 15 is 0 Å². The predicted octanol–water partition coefficient (Wildman–Crippen LogP) is 0.643. The first-order valence-electron chi connectivity index (χ1n) is 7.58. The fourth-order valence-corrected chi connectivity index (χ4v) is 3.22. The Kier molecular flexibility index (Phi) is 4.18. The van der Waals surface area contributed by atoms with Crippen molar-refractivity contribution in [2.45, 2.75) is 31.3 Å². The molecule has 2 aliphatic rings. The van der Waals surface area contributed by atoms with E-state index in [1.807, 2.05) is 0 Å². The highest BCUT2D eigenvalue weighted by atomic mass is 16.5. The largest absolute Gasteiger partial charge is 0.482 e. The summed E-state index contributed by atoms with van der Waals surface area (Å²) in [5.74, 6) is -0.894. The summed E-state index contributed by atoms with van der Waals surface area (Å²) >= 11 is 0. The van der Waals surface area contributed by atoms with Gasteiger partial charge in [0.2, 0.25) is 5.91 Å². The molecule has 0 aromatic heterocycles. The second-order valence-corrected chi connectivity index (χ2v) is 5.82. The number of fused-ring (bicyclic) bond motifs is 2. The van der Waals surface area contributed by atoms with Crippen LogP contribution in [0.4, 0.5) is 0 Å². The zero-order valence-electron chi connectivity index (χ0n) is 12.5. The Balaban J connectivity index is 1.78. The number of carbonyl (C=O) groups excluding carboxylic acids is 2. The van der Waals surface area contributed by atoms with Gasteiger partial charge in [-0.2, -0.15) is 0 Å². The van der Waals surface area contributed by atoms with Crippen LogP contribution in [0, 0.1) is 0 Å². The minimum atomic E-state index is -1.07. The maximum Gasteiger partial charge on any atom is 0.341 e. The number of rotatable bonds is 4. The highest BCUT2D eigenvalue weighted by Gasteiger charge is 2.40. The summed E-state index contributed by atoms with van der Waals surface area (Å²) in [6.07, 6.45) is 2.04. The van der Waals surface area contributed by atoms with Crippen LogP contribution in [-0.4, -0.2) is 53.0 Å². The summed E-state index contributed by atoms with van der Waals surface area (Å²) < 4.78 is 5.12. The average Bonchev–Trinajstić information content (AvgIpc) is 2.84. The van der Waals surface area contributed by atoms with Gasteiger partial charge in [0, 0.05) is 30.6 Å². The van der Waals surface area contributed by atoms with Gasteiger partial charge in [-0.05, 0) is 31.0 Å². The molecule has 0 radical (unpaired) electrons. The fourth-order valence-electron chi connectivity index (χ4n) is 3.22. The quantitative estimate of drug-likeness (QED) is 0.849. The topological polar surface area (TPSA) is 95.9 Å². The summed E-state index contributed by atoms with van der Waals surface area (Å²) in [5.41, 5.74) is 0.444. The molecule has 1 aromatic carbocycles. The molecule has 0 aliphatic carbocycles. The molecule has 122 valence electrons. The molecule has 1 aromatic rings. The summed E-state index contributed by atoms with van der Waals surface area (Å²) in [7, 11) is 0. The van der Waals surface area contributed by atoms with E-state index in [-0.39, 0.29) is 23.9 Å².